The number of nitro groups is 1. The molecule has 0 bridgehead atoms. The van der Waals surface area contributed by atoms with E-state index in [1.807, 2.05) is 6.92 Å². The van der Waals surface area contributed by atoms with Gasteiger partial charge in [0.15, 0.2) is 0 Å². The van der Waals surface area contributed by atoms with E-state index in [1.54, 1.807) is 12.1 Å². The fourth-order valence-corrected chi connectivity index (χ4v) is 4.26. The topological polar surface area (TPSA) is 63.5 Å². The highest BCUT2D eigenvalue weighted by atomic mass is 31.2. The minimum atomic E-state index is -1.93. The molecule has 0 spiro atoms. The van der Waals surface area contributed by atoms with Crippen LogP contribution in [0.15, 0.2) is 24.3 Å². The Labute approximate surface area is 106 Å². The molecule has 0 aliphatic carbocycles. The van der Waals surface area contributed by atoms with Crippen LogP contribution in [0, 0.1) is 10.1 Å². The molecule has 0 radical (unpaired) electrons. The lowest BCUT2D eigenvalue weighted by Gasteiger charge is -2.33. The summed E-state index contributed by atoms with van der Waals surface area (Å²) in [5.41, 5.74) is 1.08. The molecule has 1 aromatic rings. The van der Waals surface area contributed by atoms with Gasteiger partial charge < -0.3 is 9.46 Å². The quantitative estimate of drug-likeness (QED) is 0.480. The fourth-order valence-electron chi connectivity index (χ4n) is 2.19. The average molecular weight is 268 g/mol. The maximum absolute atomic E-state index is 12.2. The second-order valence-corrected chi connectivity index (χ2v) is 8.23. The van der Waals surface area contributed by atoms with Crippen molar-refractivity contribution in [2.24, 2.45) is 0 Å². The molecule has 1 aromatic carbocycles. The average Bonchev–Trinajstić information content (AvgIpc) is 2.40. The maximum atomic E-state index is 12.2. The Morgan fingerprint density at radius 2 is 1.83 bits per heavy atom. The Morgan fingerprint density at radius 1 is 1.28 bits per heavy atom. The molecule has 0 unspecified atom stereocenters. The summed E-state index contributed by atoms with van der Waals surface area (Å²) in [6.45, 7) is 3.55. The van der Waals surface area contributed by atoms with Crippen LogP contribution in [0.1, 0.15) is 6.92 Å². The van der Waals surface area contributed by atoms with Gasteiger partial charge in [0.1, 0.15) is 0 Å². The monoisotopic (exact) mass is 268 g/mol. The Balaban J connectivity index is 2.06. The Hall–Kier alpha value is -1.35. The molecular weight excluding hydrogens is 251 g/mol. The van der Waals surface area contributed by atoms with E-state index < -0.39 is 12.1 Å². The lowest BCUT2D eigenvalue weighted by atomic mass is 10.2. The van der Waals surface area contributed by atoms with Gasteiger partial charge in [0.25, 0.3) is 5.69 Å². The van der Waals surface area contributed by atoms with Crippen LogP contribution in [0.25, 0.3) is 0 Å². The molecule has 1 aliphatic rings. The molecule has 1 fully saturated rings. The first-order valence-electron chi connectivity index (χ1n) is 6.10. The number of benzene rings is 1. The Kier molecular flexibility index (Phi) is 3.71. The molecule has 18 heavy (non-hydrogen) atoms. The predicted molar refractivity (Wildman–Crippen MR) is 73.2 cm³/mol. The highest BCUT2D eigenvalue weighted by Crippen LogP contribution is 2.47. The van der Waals surface area contributed by atoms with Crippen molar-refractivity contribution in [2.75, 3.05) is 36.5 Å². The van der Waals surface area contributed by atoms with Gasteiger partial charge >= 0.3 is 0 Å². The van der Waals surface area contributed by atoms with Crippen LogP contribution in [0.3, 0.4) is 0 Å². The minimum Gasteiger partial charge on any atom is -0.371 e. The van der Waals surface area contributed by atoms with Gasteiger partial charge in [-0.3, -0.25) is 10.1 Å². The molecule has 1 aliphatic heterocycles. The van der Waals surface area contributed by atoms with E-state index in [-0.39, 0.29) is 5.69 Å². The summed E-state index contributed by atoms with van der Waals surface area (Å²) in [5, 5.41) is 10.6. The molecule has 1 heterocycles. The number of nitrogens with zero attached hydrogens (tertiary/aromatic N) is 2. The smallest absolute Gasteiger partial charge is 0.269 e. The van der Waals surface area contributed by atoms with E-state index in [0.717, 1.165) is 37.3 Å². The zero-order valence-corrected chi connectivity index (χ0v) is 11.3. The molecule has 1 saturated heterocycles. The Morgan fingerprint density at radius 3 is 2.28 bits per heavy atom. The van der Waals surface area contributed by atoms with Crippen LogP contribution in [0.4, 0.5) is 11.4 Å². The van der Waals surface area contributed by atoms with Crippen molar-refractivity contribution in [3.05, 3.63) is 34.4 Å². The molecule has 0 atom stereocenters. The van der Waals surface area contributed by atoms with Gasteiger partial charge in [-0.15, -0.1) is 0 Å². The predicted octanol–water partition coefficient (Wildman–Crippen LogP) is 2.80. The molecule has 98 valence electrons. The van der Waals surface area contributed by atoms with E-state index in [1.165, 1.54) is 12.1 Å². The van der Waals surface area contributed by atoms with Gasteiger partial charge in [-0.25, -0.2) is 0 Å². The van der Waals surface area contributed by atoms with E-state index >= 15 is 0 Å². The summed E-state index contributed by atoms with van der Waals surface area (Å²) in [7, 11) is -1.93. The second kappa shape index (κ2) is 5.11. The summed E-state index contributed by atoms with van der Waals surface area (Å²) in [5.74, 6) is 0. The second-order valence-electron chi connectivity index (χ2n) is 4.58. The van der Waals surface area contributed by atoms with Crippen LogP contribution in [-0.2, 0) is 4.57 Å². The largest absolute Gasteiger partial charge is 0.371 e. The van der Waals surface area contributed by atoms with Crippen LogP contribution >= 0.6 is 7.14 Å². The van der Waals surface area contributed by atoms with Crippen molar-refractivity contribution in [1.29, 1.82) is 0 Å². The minimum absolute atomic E-state index is 0.106. The van der Waals surface area contributed by atoms with Gasteiger partial charge in [-0.05, 0) is 18.3 Å². The first kappa shape index (κ1) is 13.1. The third-order valence-corrected chi connectivity index (χ3v) is 6.74. The van der Waals surface area contributed by atoms with Gasteiger partial charge in [-0.2, -0.15) is 0 Å². The van der Waals surface area contributed by atoms with Crippen molar-refractivity contribution in [3.8, 4) is 0 Å². The molecule has 0 saturated carbocycles. The summed E-state index contributed by atoms with van der Waals surface area (Å²) in [6.07, 6.45) is 2.28. The van der Waals surface area contributed by atoms with Crippen molar-refractivity contribution in [1.82, 2.24) is 0 Å². The van der Waals surface area contributed by atoms with E-state index in [9.17, 15) is 14.7 Å². The zero-order chi connectivity index (χ0) is 13.2. The maximum Gasteiger partial charge on any atom is 0.269 e. The summed E-state index contributed by atoms with van der Waals surface area (Å²) in [4.78, 5) is 12.3. The van der Waals surface area contributed by atoms with E-state index in [4.69, 9.17) is 0 Å². The molecule has 5 nitrogen and oxygen atoms in total. The lowest BCUT2D eigenvalue weighted by molar-refractivity contribution is -0.384. The van der Waals surface area contributed by atoms with Gasteiger partial charge in [0.05, 0.1) is 12.1 Å². The number of anilines is 1. The van der Waals surface area contributed by atoms with Crippen LogP contribution < -0.4 is 4.90 Å². The highest BCUT2D eigenvalue weighted by Gasteiger charge is 2.26. The fraction of sp³-hybridized carbons (Fsp3) is 0.500. The van der Waals surface area contributed by atoms with Crippen molar-refractivity contribution in [3.63, 3.8) is 0 Å². The molecule has 0 N–H and O–H groups in total. The number of hydrogen-bond donors (Lipinski definition) is 0. The molecule has 6 heteroatoms. The van der Waals surface area contributed by atoms with Crippen molar-refractivity contribution in [2.45, 2.75) is 6.92 Å². The SMILES string of the molecule is CCP1(=O)CCN(c2ccc([N+](=O)[O-])cc2)CC1. The van der Waals surface area contributed by atoms with Gasteiger partial charge in [0, 0.05) is 43.2 Å². The van der Waals surface area contributed by atoms with Gasteiger partial charge in [-0.1, -0.05) is 6.92 Å². The molecule has 2 rings (SSSR count). The first-order valence-corrected chi connectivity index (χ1v) is 8.37. The standard InChI is InChI=1S/C12H17N2O3P/c1-2-18(17)9-7-13(8-10-18)11-3-5-12(6-4-11)14(15)16/h3-6H,2,7-10H2,1H3. The third kappa shape index (κ3) is 2.72. The normalized spacial score (nSPS) is 18.6. The third-order valence-electron chi connectivity index (χ3n) is 3.56. The zero-order valence-electron chi connectivity index (χ0n) is 10.4. The molecular formula is C12H17N2O3P. The summed E-state index contributed by atoms with van der Waals surface area (Å²) < 4.78 is 12.2. The van der Waals surface area contributed by atoms with Crippen LogP contribution in [-0.4, -0.2) is 36.5 Å². The number of nitro benzene ring substituents is 1. The van der Waals surface area contributed by atoms with E-state index in [0.29, 0.717) is 0 Å². The van der Waals surface area contributed by atoms with E-state index in [2.05, 4.69) is 4.90 Å². The number of non-ortho nitro benzene ring substituents is 1. The molecule has 0 amide bonds. The summed E-state index contributed by atoms with van der Waals surface area (Å²) in [6, 6.07) is 6.56. The van der Waals surface area contributed by atoms with Crippen molar-refractivity contribution >= 4 is 18.5 Å². The first-order chi connectivity index (χ1) is 8.54. The lowest BCUT2D eigenvalue weighted by Crippen LogP contribution is -2.35. The molecule has 0 aromatic heterocycles. The summed E-state index contributed by atoms with van der Waals surface area (Å²) >= 11 is 0. The van der Waals surface area contributed by atoms with Gasteiger partial charge in [0.2, 0.25) is 0 Å². The highest BCUT2D eigenvalue weighted by molar-refractivity contribution is 7.64. The number of rotatable bonds is 3. The van der Waals surface area contributed by atoms with Crippen LogP contribution in [0.2, 0.25) is 0 Å². The van der Waals surface area contributed by atoms with Crippen LogP contribution in [0.5, 0.6) is 0 Å². The number of hydrogen-bond acceptors (Lipinski definition) is 4. The Bertz CT molecular complexity index is 475. The van der Waals surface area contributed by atoms with Crippen molar-refractivity contribution < 1.29 is 9.49 Å².